The van der Waals surface area contributed by atoms with Gasteiger partial charge in [-0.2, -0.15) is 0 Å². The highest BCUT2D eigenvalue weighted by Crippen LogP contribution is 2.37. The molecule has 0 aromatic carbocycles. The summed E-state index contributed by atoms with van der Waals surface area (Å²) >= 11 is 0. The lowest BCUT2D eigenvalue weighted by Crippen LogP contribution is -2.47. The Bertz CT molecular complexity index is 162. The predicted molar refractivity (Wildman–Crippen MR) is 52.2 cm³/mol. The molecule has 0 N–H and O–H groups in total. The highest BCUT2D eigenvalue weighted by molar-refractivity contribution is 4.88. The molecule has 2 aliphatic heterocycles. The molecule has 70 valence electrons. The van der Waals surface area contributed by atoms with Gasteiger partial charge >= 0.3 is 0 Å². The van der Waals surface area contributed by atoms with Crippen molar-refractivity contribution < 1.29 is 0 Å². The Morgan fingerprint density at radius 3 is 2.83 bits per heavy atom. The maximum atomic E-state index is 2.72. The number of hydrogen-bond donors (Lipinski definition) is 0. The SMILES string of the molecule is CC1(C)CCN2CCCCC2C1. The van der Waals surface area contributed by atoms with Crippen molar-refractivity contribution in [2.75, 3.05) is 13.1 Å². The van der Waals surface area contributed by atoms with Gasteiger partial charge in [0.05, 0.1) is 0 Å². The molecular weight excluding hydrogens is 146 g/mol. The fourth-order valence-corrected chi connectivity index (χ4v) is 2.77. The van der Waals surface area contributed by atoms with Crippen molar-refractivity contribution in [3.63, 3.8) is 0 Å². The van der Waals surface area contributed by atoms with Gasteiger partial charge in [0.2, 0.25) is 0 Å². The number of nitrogens with zero attached hydrogens (tertiary/aromatic N) is 1. The molecule has 0 aromatic rings. The Hall–Kier alpha value is -0.0400. The summed E-state index contributed by atoms with van der Waals surface area (Å²) in [4.78, 5) is 2.72. The number of hydrogen-bond acceptors (Lipinski definition) is 1. The van der Waals surface area contributed by atoms with Crippen LogP contribution in [-0.2, 0) is 0 Å². The van der Waals surface area contributed by atoms with Crippen LogP contribution in [0.4, 0.5) is 0 Å². The summed E-state index contributed by atoms with van der Waals surface area (Å²) in [5.74, 6) is 0. The third kappa shape index (κ3) is 1.66. The largest absolute Gasteiger partial charge is 0.300 e. The van der Waals surface area contributed by atoms with E-state index in [1.165, 1.54) is 45.2 Å². The highest BCUT2D eigenvalue weighted by atomic mass is 15.2. The summed E-state index contributed by atoms with van der Waals surface area (Å²) in [6.07, 6.45) is 7.22. The molecule has 1 atom stereocenters. The van der Waals surface area contributed by atoms with Gasteiger partial charge in [-0.15, -0.1) is 0 Å². The standard InChI is InChI=1S/C11H21N/c1-11(2)6-8-12-7-4-3-5-10(12)9-11/h10H,3-9H2,1-2H3. The zero-order chi connectivity index (χ0) is 8.60. The van der Waals surface area contributed by atoms with E-state index in [9.17, 15) is 0 Å². The molecule has 12 heavy (non-hydrogen) atoms. The van der Waals surface area contributed by atoms with E-state index in [0.29, 0.717) is 5.41 Å². The first kappa shape index (κ1) is 8.55. The lowest BCUT2D eigenvalue weighted by molar-refractivity contribution is 0.0446. The van der Waals surface area contributed by atoms with Crippen LogP contribution in [0.15, 0.2) is 0 Å². The van der Waals surface area contributed by atoms with Gasteiger partial charge in [-0.05, 0) is 44.2 Å². The molecule has 0 aromatic heterocycles. The molecule has 2 aliphatic rings. The minimum atomic E-state index is 0.624. The molecule has 0 bridgehead atoms. The molecule has 2 heterocycles. The molecule has 2 saturated heterocycles. The maximum Gasteiger partial charge on any atom is 0.0100 e. The third-order valence-electron chi connectivity index (χ3n) is 3.61. The summed E-state index contributed by atoms with van der Waals surface area (Å²) in [5, 5.41) is 0. The van der Waals surface area contributed by atoms with Crippen LogP contribution in [0, 0.1) is 5.41 Å². The molecule has 1 unspecified atom stereocenters. The number of rotatable bonds is 0. The third-order valence-corrected chi connectivity index (χ3v) is 3.61. The van der Waals surface area contributed by atoms with E-state index in [4.69, 9.17) is 0 Å². The second kappa shape index (κ2) is 3.02. The topological polar surface area (TPSA) is 3.24 Å². The molecule has 0 aliphatic carbocycles. The Kier molecular flexibility index (Phi) is 2.16. The van der Waals surface area contributed by atoms with E-state index in [1.54, 1.807) is 0 Å². The van der Waals surface area contributed by atoms with Crippen LogP contribution in [0.5, 0.6) is 0 Å². The van der Waals surface area contributed by atoms with Crippen molar-refractivity contribution in [1.82, 2.24) is 4.90 Å². The second-order valence-electron chi connectivity index (χ2n) is 5.30. The van der Waals surface area contributed by atoms with Crippen molar-refractivity contribution >= 4 is 0 Å². The first-order valence-electron chi connectivity index (χ1n) is 5.41. The smallest absolute Gasteiger partial charge is 0.0100 e. The van der Waals surface area contributed by atoms with Crippen LogP contribution in [-0.4, -0.2) is 24.0 Å². The maximum absolute atomic E-state index is 2.72. The van der Waals surface area contributed by atoms with Gasteiger partial charge in [0.25, 0.3) is 0 Å². The van der Waals surface area contributed by atoms with Gasteiger partial charge < -0.3 is 4.90 Å². The van der Waals surface area contributed by atoms with Crippen molar-refractivity contribution in [1.29, 1.82) is 0 Å². The molecular formula is C11H21N. The fourth-order valence-electron chi connectivity index (χ4n) is 2.77. The van der Waals surface area contributed by atoms with Crippen molar-refractivity contribution in [2.24, 2.45) is 5.41 Å². The van der Waals surface area contributed by atoms with Crippen LogP contribution >= 0.6 is 0 Å². The van der Waals surface area contributed by atoms with Crippen molar-refractivity contribution in [2.45, 2.75) is 52.0 Å². The second-order valence-corrected chi connectivity index (χ2v) is 5.30. The lowest BCUT2D eigenvalue weighted by Gasteiger charge is -2.45. The van der Waals surface area contributed by atoms with Crippen LogP contribution in [0.25, 0.3) is 0 Å². The number of piperidine rings is 2. The zero-order valence-corrected chi connectivity index (χ0v) is 8.47. The van der Waals surface area contributed by atoms with Crippen LogP contribution < -0.4 is 0 Å². The average molecular weight is 167 g/mol. The van der Waals surface area contributed by atoms with Gasteiger partial charge in [-0.3, -0.25) is 0 Å². The van der Waals surface area contributed by atoms with Gasteiger partial charge in [-0.25, -0.2) is 0 Å². The molecule has 0 saturated carbocycles. The van der Waals surface area contributed by atoms with Crippen LogP contribution in [0.3, 0.4) is 0 Å². The van der Waals surface area contributed by atoms with Crippen molar-refractivity contribution in [3.05, 3.63) is 0 Å². The Morgan fingerprint density at radius 1 is 1.17 bits per heavy atom. The van der Waals surface area contributed by atoms with Crippen LogP contribution in [0.2, 0.25) is 0 Å². The Labute approximate surface area is 76.1 Å². The highest BCUT2D eigenvalue weighted by Gasteiger charge is 2.33. The quantitative estimate of drug-likeness (QED) is 0.536. The fraction of sp³-hybridized carbons (Fsp3) is 1.00. The summed E-state index contributed by atoms with van der Waals surface area (Å²) in [5.41, 5.74) is 0.624. The minimum Gasteiger partial charge on any atom is -0.300 e. The molecule has 0 spiro atoms. The molecule has 0 amide bonds. The number of fused-ring (bicyclic) bond motifs is 1. The first-order chi connectivity index (χ1) is 5.67. The van der Waals surface area contributed by atoms with Crippen LogP contribution in [0.1, 0.15) is 46.0 Å². The molecule has 0 radical (unpaired) electrons. The van der Waals surface area contributed by atoms with Gasteiger partial charge in [0.15, 0.2) is 0 Å². The van der Waals surface area contributed by atoms with E-state index in [1.807, 2.05) is 0 Å². The summed E-state index contributed by atoms with van der Waals surface area (Å²) in [6.45, 7) is 7.59. The van der Waals surface area contributed by atoms with E-state index >= 15 is 0 Å². The van der Waals surface area contributed by atoms with E-state index in [-0.39, 0.29) is 0 Å². The van der Waals surface area contributed by atoms with Gasteiger partial charge in [0, 0.05) is 6.04 Å². The monoisotopic (exact) mass is 167 g/mol. The summed E-state index contributed by atoms with van der Waals surface area (Å²) in [6, 6.07) is 0.933. The average Bonchev–Trinajstić information content (AvgIpc) is 2.02. The first-order valence-corrected chi connectivity index (χ1v) is 5.41. The molecule has 2 fully saturated rings. The summed E-state index contributed by atoms with van der Waals surface area (Å²) in [7, 11) is 0. The molecule has 2 rings (SSSR count). The van der Waals surface area contributed by atoms with Gasteiger partial charge in [-0.1, -0.05) is 20.3 Å². The zero-order valence-electron chi connectivity index (χ0n) is 8.47. The normalized spacial score (nSPS) is 36.0. The van der Waals surface area contributed by atoms with E-state index in [2.05, 4.69) is 18.7 Å². The van der Waals surface area contributed by atoms with E-state index in [0.717, 1.165) is 6.04 Å². The lowest BCUT2D eigenvalue weighted by atomic mass is 9.76. The predicted octanol–water partition coefficient (Wildman–Crippen LogP) is 2.66. The summed E-state index contributed by atoms with van der Waals surface area (Å²) < 4.78 is 0. The Morgan fingerprint density at radius 2 is 2.00 bits per heavy atom. The molecule has 1 nitrogen and oxygen atoms in total. The molecule has 1 heteroatoms. The minimum absolute atomic E-state index is 0.624. The van der Waals surface area contributed by atoms with Gasteiger partial charge in [0.1, 0.15) is 0 Å². The van der Waals surface area contributed by atoms with E-state index < -0.39 is 0 Å². The Balaban J connectivity index is 1.99. The van der Waals surface area contributed by atoms with Crippen molar-refractivity contribution in [3.8, 4) is 0 Å².